The quantitative estimate of drug-likeness (QED) is 0.359. The predicted octanol–water partition coefficient (Wildman–Crippen LogP) is 4.29. The van der Waals surface area contributed by atoms with Crippen molar-refractivity contribution in [1.82, 2.24) is 10.6 Å². The summed E-state index contributed by atoms with van der Waals surface area (Å²) in [5.74, 6) is 1.34. The van der Waals surface area contributed by atoms with Gasteiger partial charge >= 0.3 is 0 Å². The van der Waals surface area contributed by atoms with Gasteiger partial charge in [-0.25, -0.2) is 4.99 Å². The Morgan fingerprint density at radius 3 is 2.44 bits per heavy atom. The Hall–Kier alpha value is -1.28. The maximum absolute atomic E-state index is 4.69. The highest BCUT2D eigenvalue weighted by molar-refractivity contribution is 14.0. The molecule has 0 aliphatic carbocycles. The van der Waals surface area contributed by atoms with Crippen LogP contribution in [0.3, 0.4) is 0 Å². The van der Waals surface area contributed by atoms with Crippen molar-refractivity contribution >= 4 is 47.0 Å². The van der Waals surface area contributed by atoms with Crippen LogP contribution in [0.15, 0.2) is 46.1 Å². The summed E-state index contributed by atoms with van der Waals surface area (Å²) in [6.07, 6.45) is 0. The van der Waals surface area contributed by atoms with Gasteiger partial charge in [-0.3, -0.25) is 0 Å². The van der Waals surface area contributed by atoms with Crippen molar-refractivity contribution < 1.29 is 0 Å². The Morgan fingerprint density at radius 1 is 1.16 bits per heavy atom. The second kappa shape index (κ2) is 11.4. The third kappa shape index (κ3) is 7.23. The Bertz CT molecular complexity index is 623. The lowest BCUT2D eigenvalue weighted by Crippen LogP contribution is -2.39. The summed E-state index contributed by atoms with van der Waals surface area (Å²) in [6.45, 7) is 6.74. The van der Waals surface area contributed by atoms with Crippen molar-refractivity contribution in [3.05, 3.63) is 52.2 Å². The second-order valence-electron chi connectivity index (χ2n) is 6.09. The molecule has 2 rings (SSSR count). The van der Waals surface area contributed by atoms with Gasteiger partial charge in [0, 0.05) is 32.9 Å². The molecule has 0 saturated carbocycles. The number of rotatable bonds is 7. The minimum absolute atomic E-state index is 0. The molecule has 1 heterocycles. The first-order chi connectivity index (χ1) is 11.6. The standard InChI is InChI=1S/C19H28N4S.HI/c1-5-20-19(21-12-15(2)17-10-11-24-14-17)22-13-16-6-8-18(9-7-16)23(3)4;/h6-11,14-15H,5,12-13H2,1-4H3,(H2,20,21,22);1H. The summed E-state index contributed by atoms with van der Waals surface area (Å²) < 4.78 is 0. The second-order valence-corrected chi connectivity index (χ2v) is 6.87. The van der Waals surface area contributed by atoms with Crippen molar-refractivity contribution in [3.8, 4) is 0 Å². The maximum atomic E-state index is 4.69. The van der Waals surface area contributed by atoms with E-state index >= 15 is 0 Å². The molecule has 1 unspecified atom stereocenters. The van der Waals surface area contributed by atoms with Crippen molar-refractivity contribution in [2.45, 2.75) is 26.3 Å². The van der Waals surface area contributed by atoms with Crippen LogP contribution in [0.5, 0.6) is 0 Å². The lowest BCUT2D eigenvalue weighted by Gasteiger charge is -2.15. The molecular weight excluding hydrogens is 443 g/mol. The Balaban J connectivity index is 0.00000312. The molecule has 0 fully saturated rings. The van der Waals surface area contributed by atoms with Crippen LogP contribution in [0.2, 0.25) is 0 Å². The van der Waals surface area contributed by atoms with E-state index in [-0.39, 0.29) is 24.0 Å². The van der Waals surface area contributed by atoms with Gasteiger partial charge in [0.05, 0.1) is 6.54 Å². The third-order valence-electron chi connectivity index (χ3n) is 3.90. The first-order valence-electron chi connectivity index (χ1n) is 8.40. The summed E-state index contributed by atoms with van der Waals surface area (Å²) in [6, 6.07) is 10.7. The molecule has 4 nitrogen and oxygen atoms in total. The number of hydrogen-bond donors (Lipinski definition) is 2. The fourth-order valence-electron chi connectivity index (χ4n) is 2.33. The predicted molar refractivity (Wildman–Crippen MR) is 122 cm³/mol. The molecule has 0 bridgehead atoms. The smallest absolute Gasteiger partial charge is 0.191 e. The number of aliphatic imine (C=N–C) groups is 1. The first kappa shape index (κ1) is 21.8. The van der Waals surface area contributed by atoms with Crippen LogP contribution in [0.25, 0.3) is 0 Å². The lowest BCUT2D eigenvalue weighted by molar-refractivity contribution is 0.701. The van der Waals surface area contributed by atoms with E-state index in [1.165, 1.54) is 16.8 Å². The number of guanidine groups is 1. The van der Waals surface area contributed by atoms with Gasteiger partial charge in [0.25, 0.3) is 0 Å². The highest BCUT2D eigenvalue weighted by Gasteiger charge is 2.07. The fraction of sp³-hybridized carbons (Fsp3) is 0.421. The van der Waals surface area contributed by atoms with Gasteiger partial charge in [0.15, 0.2) is 5.96 Å². The zero-order valence-electron chi connectivity index (χ0n) is 15.5. The molecule has 0 aliphatic heterocycles. The molecule has 2 aromatic rings. The lowest BCUT2D eigenvalue weighted by atomic mass is 10.1. The highest BCUT2D eigenvalue weighted by Crippen LogP contribution is 2.17. The molecule has 138 valence electrons. The molecule has 1 atom stereocenters. The van der Waals surface area contributed by atoms with E-state index in [1.54, 1.807) is 11.3 Å². The first-order valence-corrected chi connectivity index (χ1v) is 9.35. The van der Waals surface area contributed by atoms with Crippen molar-refractivity contribution in [2.75, 3.05) is 32.1 Å². The topological polar surface area (TPSA) is 39.7 Å². The molecule has 0 aliphatic rings. The molecule has 1 aromatic carbocycles. The summed E-state index contributed by atoms with van der Waals surface area (Å²) >= 11 is 1.75. The maximum Gasteiger partial charge on any atom is 0.191 e. The van der Waals surface area contributed by atoms with E-state index < -0.39 is 0 Å². The average molecular weight is 472 g/mol. The molecule has 25 heavy (non-hydrogen) atoms. The third-order valence-corrected chi connectivity index (χ3v) is 4.61. The number of thiophene rings is 1. The summed E-state index contributed by atoms with van der Waals surface area (Å²) in [4.78, 5) is 6.80. The van der Waals surface area contributed by atoms with Crippen LogP contribution in [0.1, 0.15) is 30.9 Å². The van der Waals surface area contributed by atoms with Crippen LogP contribution in [-0.4, -0.2) is 33.1 Å². The molecule has 0 amide bonds. The molecule has 2 N–H and O–H groups in total. The van der Waals surface area contributed by atoms with E-state index in [2.05, 4.69) is 84.6 Å². The average Bonchev–Trinajstić information content (AvgIpc) is 3.12. The number of anilines is 1. The SMILES string of the molecule is CCNC(=NCc1ccc(N(C)C)cc1)NCC(C)c1ccsc1.I. The van der Waals surface area contributed by atoms with Gasteiger partial charge in [-0.2, -0.15) is 11.3 Å². The minimum atomic E-state index is 0. The minimum Gasteiger partial charge on any atom is -0.378 e. The monoisotopic (exact) mass is 472 g/mol. The van der Waals surface area contributed by atoms with E-state index in [0.717, 1.165) is 19.0 Å². The Labute approximate surface area is 172 Å². The van der Waals surface area contributed by atoms with Crippen LogP contribution >= 0.6 is 35.3 Å². The van der Waals surface area contributed by atoms with Crippen LogP contribution in [0, 0.1) is 0 Å². The summed E-state index contributed by atoms with van der Waals surface area (Å²) in [5, 5.41) is 11.1. The van der Waals surface area contributed by atoms with Crippen LogP contribution < -0.4 is 15.5 Å². The summed E-state index contributed by atoms with van der Waals surface area (Å²) in [7, 11) is 4.10. The Morgan fingerprint density at radius 2 is 1.88 bits per heavy atom. The van der Waals surface area contributed by atoms with Crippen molar-refractivity contribution in [3.63, 3.8) is 0 Å². The summed E-state index contributed by atoms with van der Waals surface area (Å²) in [5.41, 5.74) is 3.80. The largest absolute Gasteiger partial charge is 0.378 e. The number of nitrogens with zero attached hydrogens (tertiary/aromatic N) is 2. The number of nitrogens with one attached hydrogen (secondary N) is 2. The van der Waals surface area contributed by atoms with Gasteiger partial charge in [-0.1, -0.05) is 19.1 Å². The van der Waals surface area contributed by atoms with Gasteiger partial charge in [0.2, 0.25) is 0 Å². The fourth-order valence-corrected chi connectivity index (χ4v) is 3.12. The van der Waals surface area contributed by atoms with E-state index in [9.17, 15) is 0 Å². The normalized spacial score (nSPS) is 12.2. The van der Waals surface area contributed by atoms with Crippen LogP contribution in [-0.2, 0) is 6.54 Å². The number of hydrogen-bond acceptors (Lipinski definition) is 3. The van der Waals surface area contributed by atoms with Gasteiger partial charge in [-0.05, 0) is 52.9 Å². The van der Waals surface area contributed by atoms with Gasteiger partial charge in [-0.15, -0.1) is 24.0 Å². The molecule has 0 spiro atoms. The van der Waals surface area contributed by atoms with E-state index in [0.29, 0.717) is 12.5 Å². The van der Waals surface area contributed by atoms with Crippen molar-refractivity contribution in [1.29, 1.82) is 0 Å². The van der Waals surface area contributed by atoms with Gasteiger partial charge in [0.1, 0.15) is 0 Å². The number of benzene rings is 1. The van der Waals surface area contributed by atoms with E-state index in [1.807, 2.05) is 0 Å². The molecule has 0 radical (unpaired) electrons. The van der Waals surface area contributed by atoms with E-state index in [4.69, 9.17) is 4.99 Å². The van der Waals surface area contributed by atoms with Crippen LogP contribution in [0.4, 0.5) is 5.69 Å². The molecule has 1 aromatic heterocycles. The zero-order chi connectivity index (χ0) is 17.4. The zero-order valence-corrected chi connectivity index (χ0v) is 18.6. The highest BCUT2D eigenvalue weighted by atomic mass is 127. The molecule has 0 saturated heterocycles. The van der Waals surface area contributed by atoms with Crippen molar-refractivity contribution in [2.24, 2.45) is 4.99 Å². The van der Waals surface area contributed by atoms with Gasteiger partial charge < -0.3 is 15.5 Å². The molecule has 6 heteroatoms. The molecular formula is C19H29IN4S. The Kier molecular flexibility index (Phi) is 9.89. The number of halogens is 1.